The SMILES string of the molecule is CC(C)(C)CC(C)(C)C(C)(O)Oc1ccccc1.CCCCCCCCCCCCc1ccc(O)cc1.CCCCCCCCCc1ccccc1O. The van der Waals surface area contributed by atoms with Crippen LogP contribution in [0, 0.1) is 10.8 Å². The molecular weight excluding hydrogens is 653 g/mol. The molecule has 0 fully saturated rings. The van der Waals surface area contributed by atoms with Gasteiger partial charge in [0.15, 0.2) is 0 Å². The highest BCUT2D eigenvalue weighted by Crippen LogP contribution is 2.42. The lowest BCUT2D eigenvalue weighted by Gasteiger charge is -2.43. The molecule has 0 spiro atoms. The number of hydrogen-bond acceptors (Lipinski definition) is 4. The number of aromatic hydroxyl groups is 2. The lowest BCUT2D eigenvalue weighted by molar-refractivity contribution is -0.207. The van der Waals surface area contributed by atoms with E-state index in [1.807, 2.05) is 74.5 Å². The zero-order chi connectivity index (χ0) is 39.4. The zero-order valence-electron chi connectivity index (χ0n) is 35.4. The van der Waals surface area contributed by atoms with E-state index in [0.29, 0.717) is 17.2 Å². The largest absolute Gasteiger partial charge is 0.508 e. The van der Waals surface area contributed by atoms with Gasteiger partial charge in [0.2, 0.25) is 5.79 Å². The van der Waals surface area contributed by atoms with Crippen LogP contribution in [0.4, 0.5) is 0 Å². The Morgan fingerprint density at radius 2 is 0.925 bits per heavy atom. The highest BCUT2D eigenvalue weighted by Gasteiger charge is 2.44. The topological polar surface area (TPSA) is 69.9 Å². The first-order valence-electron chi connectivity index (χ1n) is 21.2. The van der Waals surface area contributed by atoms with Gasteiger partial charge < -0.3 is 20.1 Å². The minimum absolute atomic E-state index is 0.146. The van der Waals surface area contributed by atoms with Crippen LogP contribution in [-0.4, -0.2) is 21.1 Å². The van der Waals surface area contributed by atoms with E-state index in [2.05, 4.69) is 34.6 Å². The van der Waals surface area contributed by atoms with Crippen LogP contribution < -0.4 is 4.74 Å². The molecule has 4 heteroatoms. The van der Waals surface area contributed by atoms with Gasteiger partial charge in [0.25, 0.3) is 0 Å². The minimum Gasteiger partial charge on any atom is -0.508 e. The fourth-order valence-electron chi connectivity index (χ4n) is 6.82. The van der Waals surface area contributed by atoms with Gasteiger partial charge in [-0.1, -0.05) is 193 Å². The summed E-state index contributed by atoms with van der Waals surface area (Å²) >= 11 is 0. The molecule has 300 valence electrons. The molecular formula is C49H80O4. The van der Waals surface area contributed by atoms with Gasteiger partial charge >= 0.3 is 0 Å². The third-order valence-electron chi connectivity index (χ3n) is 10.1. The van der Waals surface area contributed by atoms with E-state index in [9.17, 15) is 15.3 Å². The molecule has 1 atom stereocenters. The summed E-state index contributed by atoms with van der Waals surface area (Å²) in [7, 11) is 0. The summed E-state index contributed by atoms with van der Waals surface area (Å²) in [5.74, 6) is 0.326. The normalized spacial score (nSPS) is 12.5. The summed E-state index contributed by atoms with van der Waals surface area (Å²) < 4.78 is 5.77. The first-order valence-corrected chi connectivity index (χ1v) is 21.2. The molecule has 0 amide bonds. The molecule has 3 aromatic rings. The highest BCUT2D eigenvalue weighted by molar-refractivity contribution is 5.31. The van der Waals surface area contributed by atoms with Crippen LogP contribution in [0.5, 0.6) is 17.2 Å². The van der Waals surface area contributed by atoms with Gasteiger partial charge in [-0.2, -0.15) is 0 Å². The molecule has 0 heterocycles. The van der Waals surface area contributed by atoms with Crippen LogP contribution in [0.1, 0.15) is 182 Å². The highest BCUT2D eigenvalue weighted by atomic mass is 16.6. The van der Waals surface area contributed by atoms with Crippen molar-refractivity contribution < 1.29 is 20.1 Å². The third kappa shape index (κ3) is 24.1. The molecule has 1 unspecified atom stereocenters. The summed E-state index contributed by atoms with van der Waals surface area (Å²) in [6.07, 6.45) is 26.2. The number of hydrogen-bond donors (Lipinski definition) is 3. The summed E-state index contributed by atoms with van der Waals surface area (Å²) in [6.45, 7) is 16.9. The number of rotatable bonds is 23. The molecule has 3 N–H and O–H groups in total. The Bertz CT molecular complexity index is 1270. The molecule has 0 aliphatic rings. The number of benzene rings is 3. The van der Waals surface area contributed by atoms with Crippen molar-refractivity contribution in [3.05, 3.63) is 90.0 Å². The summed E-state index contributed by atoms with van der Waals surface area (Å²) in [5, 5.41) is 29.4. The third-order valence-corrected chi connectivity index (χ3v) is 10.1. The molecule has 0 aliphatic heterocycles. The maximum Gasteiger partial charge on any atom is 0.210 e. The second-order valence-electron chi connectivity index (χ2n) is 17.1. The first kappa shape index (κ1) is 48.0. The molecule has 53 heavy (non-hydrogen) atoms. The predicted molar refractivity (Wildman–Crippen MR) is 229 cm³/mol. The van der Waals surface area contributed by atoms with E-state index < -0.39 is 5.79 Å². The van der Waals surface area contributed by atoms with E-state index in [0.717, 1.165) is 24.8 Å². The smallest absolute Gasteiger partial charge is 0.210 e. The minimum atomic E-state index is -1.19. The Kier molecular flexibility index (Phi) is 25.0. The number of phenols is 2. The molecule has 0 bridgehead atoms. The van der Waals surface area contributed by atoms with E-state index in [1.54, 1.807) is 25.1 Å². The van der Waals surface area contributed by atoms with Crippen LogP contribution in [0.2, 0.25) is 0 Å². The Balaban J connectivity index is 0.000000399. The van der Waals surface area contributed by atoms with Crippen LogP contribution >= 0.6 is 0 Å². The second kappa shape index (κ2) is 27.6. The molecule has 0 radical (unpaired) electrons. The van der Waals surface area contributed by atoms with Crippen LogP contribution in [0.3, 0.4) is 0 Å². The van der Waals surface area contributed by atoms with Gasteiger partial charge in [0.05, 0.1) is 0 Å². The fourth-order valence-corrected chi connectivity index (χ4v) is 6.82. The monoisotopic (exact) mass is 733 g/mol. The average molecular weight is 733 g/mol. The molecule has 3 rings (SSSR count). The maximum absolute atomic E-state index is 10.6. The zero-order valence-corrected chi connectivity index (χ0v) is 35.4. The quantitative estimate of drug-likeness (QED) is 0.0670. The first-order chi connectivity index (χ1) is 25.2. The lowest BCUT2D eigenvalue weighted by Crippen LogP contribution is -2.48. The maximum atomic E-state index is 10.6. The number of unbranched alkanes of at least 4 members (excludes halogenated alkanes) is 15. The van der Waals surface area contributed by atoms with Crippen molar-refractivity contribution >= 4 is 0 Å². The lowest BCUT2D eigenvalue weighted by atomic mass is 9.71. The Hall–Kier alpha value is -2.98. The molecule has 0 saturated heterocycles. The van der Waals surface area contributed by atoms with E-state index in [-0.39, 0.29) is 10.8 Å². The summed E-state index contributed by atoms with van der Waals surface area (Å²) in [5.41, 5.74) is 2.25. The van der Waals surface area contributed by atoms with Gasteiger partial charge in [0.1, 0.15) is 17.2 Å². The van der Waals surface area contributed by atoms with Gasteiger partial charge in [-0.15, -0.1) is 0 Å². The van der Waals surface area contributed by atoms with Crippen molar-refractivity contribution in [2.75, 3.05) is 0 Å². The fraction of sp³-hybridized carbons (Fsp3) is 0.633. The van der Waals surface area contributed by atoms with Crippen LogP contribution in [-0.2, 0) is 12.8 Å². The van der Waals surface area contributed by atoms with E-state index in [4.69, 9.17) is 4.74 Å². The molecule has 0 aromatic heterocycles. The second-order valence-corrected chi connectivity index (χ2v) is 17.1. The number of para-hydroxylation sites is 2. The predicted octanol–water partition coefficient (Wildman–Crippen LogP) is 14.8. The average Bonchev–Trinajstić information content (AvgIpc) is 3.10. The molecule has 0 saturated carbocycles. The number of aryl methyl sites for hydroxylation is 2. The van der Waals surface area contributed by atoms with E-state index in [1.165, 1.54) is 115 Å². The molecule has 3 aromatic carbocycles. The number of ether oxygens (including phenoxy) is 1. The Morgan fingerprint density at radius 1 is 0.491 bits per heavy atom. The van der Waals surface area contributed by atoms with Crippen molar-refractivity contribution in [3.63, 3.8) is 0 Å². The number of aliphatic hydroxyl groups is 1. The van der Waals surface area contributed by atoms with Crippen molar-refractivity contribution in [1.29, 1.82) is 0 Å². The van der Waals surface area contributed by atoms with Gasteiger partial charge in [-0.3, -0.25) is 0 Å². The summed E-state index contributed by atoms with van der Waals surface area (Å²) in [6, 6.07) is 24.8. The van der Waals surface area contributed by atoms with Crippen LogP contribution in [0.25, 0.3) is 0 Å². The van der Waals surface area contributed by atoms with Gasteiger partial charge in [-0.25, -0.2) is 0 Å². The van der Waals surface area contributed by atoms with Crippen molar-refractivity contribution in [2.24, 2.45) is 10.8 Å². The van der Waals surface area contributed by atoms with Gasteiger partial charge in [0, 0.05) is 12.3 Å². The van der Waals surface area contributed by atoms with Crippen molar-refractivity contribution in [1.82, 2.24) is 0 Å². The Labute approximate surface area is 326 Å². The van der Waals surface area contributed by atoms with Crippen molar-refractivity contribution in [2.45, 2.75) is 190 Å². The standard InChI is InChI=1S/C18H30O.C16H26O2.C15H24O/c1-2-3-4-5-6-7-8-9-10-11-12-17-13-15-18(19)16-14-17;1-14(2,3)12-15(4,5)16(6,17)18-13-10-8-7-9-11-13;1-2-3-4-5-6-7-8-11-14-12-9-10-13-15(14)16/h13-16,19H,2-12H2,1H3;7-11,17H,12H2,1-6H3;9-10,12-13,16H,2-8,11H2,1H3. The number of phenolic OH excluding ortho intramolecular Hbond substituents is 2. The molecule has 0 aliphatic carbocycles. The van der Waals surface area contributed by atoms with Crippen molar-refractivity contribution in [3.8, 4) is 17.2 Å². The van der Waals surface area contributed by atoms with E-state index >= 15 is 0 Å². The summed E-state index contributed by atoms with van der Waals surface area (Å²) in [4.78, 5) is 0. The van der Waals surface area contributed by atoms with Crippen LogP contribution in [0.15, 0.2) is 78.9 Å². The molecule has 4 nitrogen and oxygen atoms in total. The Morgan fingerprint density at radius 3 is 1.40 bits per heavy atom. The van der Waals surface area contributed by atoms with Gasteiger partial charge in [-0.05, 0) is 79.0 Å².